The molecule has 0 aliphatic carbocycles. The fourth-order valence-electron chi connectivity index (χ4n) is 2.03. The molecule has 1 aromatic carbocycles. The molecule has 0 fully saturated rings. The highest BCUT2D eigenvalue weighted by Crippen LogP contribution is 2.27. The van der Waals surface area contributed by atoms with Gasteiger partial charge in [-0.05, 0) is 54.5 Å². The molecule has 1 atom stereocenters. The van der Waals surface area contributed by atoms with E-state index in [1.54, 1.807) is 0 Å². The first-order chi connectivity index (χ1) is 8.02. The van der Waals surface area contributed by atoms with Gasteiger partial charge in [0, 0.05) is 0 Å². The average molecular weight is 341 g/mol. The number of hydrogen-bond acceptors (Lipinski definition) is 2. The first-order valence-electron chi connectivity index (χ1n) is 5.58. The summed E-state index contributed by atoms with van der Waals surface area (Å²) in [6.45, 7) is 6.23. The van der Waals surface area contributed by atoms with E-state index in [0.29, 0.717) is 0 Å². The summed E-state index contributed by atoms with van der Waals surface area (Å²) >= 11 is 2.24. The van der Waals surface area contributed by atoms with Crippen LogP contribution in [0.4, 0.5) is 5.82 Å². The van der Waals surface area contributed by atoms with Crippen LogP contribution < -0.4 is 5.73 Å². The molecule has 0 aliphatic heterocycles. The monoisotopic (exact) mass is 341 g/mol. The van der Waals surface area contributed by atoms with Gasteiger partial charge in [-0.15, -0.1) is 0 Å². The number of halogens is 1. The molecule has 1 unspecified atom stereocenters. The van der Waals surface area contributed by atoms with E-state index in [4.69, 9.17) is 5.73 Å². The summed E-state index contributed by atoms with van der Waals surface area (Å²) < 4.78 is 2.95. The smallest absolute Gasteiger partial charge is 0.136 e. The summed E-state index contributed by atoms with van der Waals surface area (Å²) in [5.74, 6) is 0.749. The van der Waals surface area contributed by atoms with Gasteiger partial charge in [0.1, 0.15) is 5.82 Å². The third-order valence-corrected chi connectivity index (χ3v) is 4.39. The molecule has 3 nitrogen and oxygen atoms in total. The molecule has 0 amide bonds. The maximum absolute atomic E-state index is 6.08. The van der Waals surface area contributed by atoms with E-state index < -0.39 is 0 Å². The predicted molar refractivity (Wildman–Crippen MR) is 79.1 cm³/mol. The summed E-state index contributed by atoms with van der Waals surface area (Å²) in [7, 11) is 0. The minimum absolute atomic E-state index is 0.165. The molecule has 0 aliphatic rings. The van der Waals surface area contributed by atoms with Crippen LogP contribution in [0, 0.1) is 17.4 Å². The van der Waals surface area contributed by atoms with Crippen molar-refractivity contribution in [3.8, 4) is 0 Å². The molecule has 0 bridgehead atoms. The van der Waals surface area contributed by atoms with Crippen molar-refractivity contribution in [2.45, 2.75) is 26.8 Å². The van der Waals surface area contributed by atoms with Crippen LogP contribution >= 0.6 is 22.6 Å². The summed E-state index contributed by atoms with van der Waals surface area (Å²) in [6.07, 6.45) is 0. The Morgan fingerprint density at radius 3 is 2.47 bits per heavy atom. The molecule has 1 heterocycles. The molecule has 4 heteroatoms. The fraction of sp³-hybridized carbons (Fsp3) is 0.308. The molecule has 0 saturated carbocycles. The SMILES string of the molecule is Cc1ccccc1C(C)n1nc(C)c(I)c1N. The van der Waals surface area contributed by atoms with Crippen molar-refractivity contribution in [1.29, 1.82) is 0 Å². The largest absolute Gasteiger partial charge is 0.383 e. The predicted octanol–water partition coefficient (Wildman–Crippen LogP) is 3.30. The van der Waals surface area contributed by atoms with Gasteiger partial charge in [0.05, 0.1) is 15.3 Å². The lowest BCUT2D eigenvalue weighted by Crippen LogP contribution is -2.12. The zero-order valence-electron chi connectivity index (χ0n) is 10.2. The Bertz CT molecular complexity index is 546. The van der Waals surface area contributed by atoms with Gasteiger partial charge in [0.15, 0.2) is 0 Å². The summed E-state index contributed by atoms with van der Waals surface area (Å²) in [6, 6.07) is 8.51. The van der Waals surface area contributed by atoms with Crippen molar-refractivity contribution in [1.82, 2.24) is 9.78 Å². The Labute approximate surface area is 115 Å². The number of nitrogen functional groups attached to an aromatic ring is 1. The highest BCUT2D eigenvalue weighted by atomic mass is 127. The number of nitrogens with two attached hydrogens (primary N) is 1. The number of anilines is 1. The Hall–Kier alpha value is -1.04. The Kier molecular flexibility index (Phi) is 3.42. The van der Waals surface area contributed by atoms with Gasteiger partial charge in [-0.1, -0.05) is 24.3 Å². The van der Waals surface area contributed by atoms with Gasteiger partial charge in [-0.25, -0.2) is 4.68 Å². The topological polar surface area (TPSA) is 43.8 Å². The lowest BCUT2D eigenvalue weighted by Gasteiger charge is -2.16. The van der Waals surface area contributed by atoms with Crippen molar-refractivity contribution >= 4 is 28.4 Å². The second kappa shape index (κ2) is 4.68. The lowest BCUT2D eigenvalue weighted by molar-refractivity contribution is 0.566. The number of benzene rings is 1. The maximum atomic E-state index is 6.08. The lowest BCUT2D eigenvalue weighted by atomic mass is 10.0. The number of nitrogens with zero attached hydrogens (tertiary/aromatic N) is 2. The van der Waals surface area contributed by atoms with Gasteiger partial charge in [-0.2, -0.15) is 5.10 Å². The van der Waals surface area contributed by atoms with Gasteiger partial charge in [0.25, 0.3) is 0 Å². The van der Waals surface area contributed by atoms with E-state index in [0.717, 1.165) is 15.1 Å². The molecule has 0 radical (unpaired) electrons. The van der Waals surface area contributed by atoms with Gasteiger partial charge in [-0.3, -0.25) is 0 Å². The second-order valence-electron chi connectivity index (χ2n) is 4.26. The van der Waals surface area contributed by atoms with Crippen molar-refractivity contribution < 1.29 is 0 Å². The van der Waals surface area contributed by atoms with Crippen LogP contribution in [0.5, 0.6) is 0 Å². The van der Waals surface area contributed by atoms with E-state index in [2.05, 4.69) is 59.7 Å². The fourth-order valence-corrected chi connectivity index (χ4v) is 2.38. The van der Waals surface area contributed by atoms with Gasteiger partial charge in [0.2, 0.25) is 0 Å². The first kappa shape index (κ1) is 12.4. The molecule has 17 heavy (non-hydrogen) atoms. The Morgan fingerprint density at radius 2 is 1.94 bits per heavy atom. The third-order valence-electron chi connectivity index (χ3n) is 3.05. The number of aromatic nitrogens is 2. The number of aryl methyl sites for hydroxylation is 2. The van der Waals surface area contributed by atoms with Crippen molar-refractivity contribution in [2.75, 3.05) is 5.73 Å². The molecule has 2 rings (SSSR count). The van der Waals surface area contributed by atoms with Crippen LogP contribution in [0.25, 0.3) is 0 Å². The van der Waals surface area contributed by atoms with Crippen LogP contribution in [-0.2, 0) is 0 Å². The van der Waals surface area contributed by atoms with Crippen molar-refractivity contribution in [2.24, 2.45) is 0 Å². The zero-order valence-corrected chi connectivity index (χ0v) is 12.4. The number of rotatable bonds is 2. The molecule has 0 saturated heterocycles. The normalized spacial score (nSPS) is 12.7. The minimum Gasteiger partial charge on any atom is -0.383 e. The minimum atomic E-state index is 0.165. The molecule has 0 spiro atoms. The Morgan fingerprint density at radius 1 is 1.29 bits per heavy atom. The Balaban J connectivity index is 2.48. The van der Waals surface area contributed by atoms with E-state index in [-0.39, 0.29) is 6.04 Å². The van der Waals surface area contributed by atoms with E-state index >= 15 is 0 Å². The van der Waals surface area contributed by atoms with E-state index in [1.165, 1.54) is 11.1 Å². The van der Waals surface area contributed by atoms with Crippen molar-refractivity contribution in [3.05, 3.63) is 44.7 Å². The van der Waals surface area contributed by atoms with Crippen LogP contribution in [-0.4, -0.2) is 9.78 Å². The maximum Gasteiger partial charge on any atom is 0.136 e. The van der Waals surface area contributed by atoms with Crippen LogP contribution in [0.2, 0.25) is 0 Å². The van der Waals surface area contributed by atoms with E-state index in [1.807, 2.05) is 17.7 Å². The molecular formula is C13H16IN3. The molecule has 1 aromatic heterocycles. The standard InChI is InChI=1S/C13H16IN3/c1-8-6-4-5-7-11(8)10(3)17-13(15)12(14)9(2)16-17/h4-7,10H,15H2,1-3H3. The van der Waals surface area contributed by atoms with Gasteiger partial charge < -0.3 is 5.73 Å². The first-order valence-corrected chi connectivity index (χ1v) is 6.66. The van der Waals surface area contributed by atoms with Crippen LogP contribution in [0.1, 0.15) is 29.8 Å². The zero-order chi connectivity index (χ0) is 12.6. The molecule has 2 aromatic rings. The van der Waals surface area contributed by atoms with E-state index in [9.17, 15) is 0 Å². The highest BCUT2D eigenvalue weighted by molar-refractivity contribution is 14.1. The number of hydrogen-bond donors (Lipinski definition) is 1. The van der Waals surface area contributed by atoms with Crippen LogP contribution in [0.15, 0.2) is 24.3 Å². The quantitative estimate of drug-likeness (QED) is 0.852. The van der Waals surface area contributed by atoms with Crippen molar-refractivity contribution in [3.63, 3.8) is 0 Å². The molecule has 2 N–H and O–H groups in total. The third kappa shape index (κ3) is 2.18. The molecular weight excluding hydrogens is 325 g/mol. The average Bonchev–Trinajstić information content (AvgIpc) is 2.57. The van der Waals surface area contributed by atoms with Crippen LogP contribution in [0.3, 0.4) is 0 Å². The summed E-state index contributed by atoms with van der Waals surface area (Å²) in [5, 5.41) is 4.51. The van der Waals surface area contributed by atoms with Gasteiger partial charge >= 0.3 is 0 Å². The summed E-state index contributed by atoms with van der Waals surface area (Å²) in [5.41, 5.74) is 9.60. The second-order valence-corrected chi connectivity index (χ2v) is 5.34. The highest BCUT2D eigenvalue weighted by Gasteiger charge is 2.17. The molecule has 90 valence electrons. The summed E-state index contributed by atoms with van der Waals surface area (Å²) in [4.78, 5) is 0.